The Labute approximate surface area is 214 Å². The zero-order valence-corrected chi connectivity index (χ0v) is 21.3. The molecule has 0 spiro atoms. The van der Waals surface area contributed by atoms with Gasteiger partial charge in [-0.05, 0) is 48.0 Å². The molecule has 0 fully saturated rings. The van der Waals surface area contributed by atoms with Gasteiger partial charge in [-0.1, -0.05) is 43.6 Å². The monoisotopic (exact) mass is 525 g/mol. The molecule has 0 saturated carbocycles. The molecule has 0 saturated heterocycles. The Bertz CT molecular complexity index is 1480. The third-order valence-corrected chi connectivity index (χ3v) is 7.67. The van der Waals surface area contributed by atoms with Crippen molar-refractivity contribution in [1.82, 2.24) is 0 Å². The Balaban J connectivity index is 1.62. The number of non-ortho nitro benzene ring substituents is 1. The number of benzene rings is 3. The molecule has 0 aliphatic carbocycles. The van der Waals surface area contributed by atoms with E-state index in [0.29, 0.717) is 5.02 Å². The average molecular weight is 526 g/mol. The van der Waals surface area contributed by atoms with Gasteiger partial charge in [-0.2, -0.15) is 5.10 Å². The molecule has 0 aromatic heterocycles. The summed E-state index contributed by atoms with van der Waals surface area (Å²) in [5.41, 5.74) is 5.75. The van der Waals surface area contributed by atoms with E-state index in [0.717, 1.165) is 17.5 Å². The average Bonchev–Trinajstić information content (AvgIpc) is 3.03. The predicted octanol–water partition coefficient (Wildman–Crippen LogP) is 5.76. The summed E-state index contributed by atoms with van der Waals surface area (Å²) in [6, 6.07) is 17.7. The lowest BCUT2D eigenvalue weighted by Crippen LogP contribution is -2.23. The molecule has 0 radical (unpaired) electrons. The lowest BCUT2D eigenvalue weighted by atomic mass is 9.84. The van der Waals surface area contributed by atoms with Crippen molar-refractivity contribution in [3.63, 3.8) is 0 Å². The molecule has 11 heteroatoms. The SMILES string of the molecule is CN1/C(=C\C=N/Nc2ccc([N+](=O)[O-])cc2S(=O)(=O)Nc2ccc(Cl)cc2)C(C)(C)c2ccccc21. The molecule has 36 heavy (non-hydrogen) atoms. The van der Waals surface area contributed by atoms with Crippen molar-refractivity contribution in [1.29, 1.82) is 0 Å². The van der Waals surface area contributed by atoms with Crippen LogP contribution in [0.2, 0.25) is 5.02 Å². The summed E-state index contributed by atoms with van der Waals surface area (Å²) >= 11 is 5.87. The van der Waals surface area contributed by atoms with Crippen LogP contribution in [0.25, 0.3) is 0 Å². The lowest BCUT2D eigenvalue weighted by molar-refractivity contribution is -0.385. The Kier molecular flexibility index (Phi) is 6.75. The Morgan fingerprint density at radius 1 is 1.08 bits per heavy atom. The smallest absolute Gasteiger partial charge is 0.270 e. The highest BCUT2D eigenvalue weighted by atomic mass is 35.5. The number of nitrogens with one attached hydrogen (secondary N) is 2. The van der Waals surface area contributed by atoms with Crippen LogP contribution in [0.3, 0.4) is 0 Å². The molecule has 1 aliphatic rings. The van der Waals surface area contributed by atoms with Crippen LogP contribution in [-0.4, -0.2) is 26.6 Å². The van der Waals surface area contributed by atoms with Gasteiger partial charge in [0.15, 0.2) is 0 Å². The van der Waals surface area contributed by atoms with Crippen LogP contribution in [0, 0.1) is 10.1 Å². The van der Waals surface area contributed by atoms with Crippen molar-refractivity contribution in [2.75, 3.05) is 22.1 Å². The van der Waals surface area contributed by atoms with Crippen molar-refractivity contribution in [2.45, 2.75) is 24.2 Å². The summed E-state index contributed by atoms with van der Waals surface area (Å²) in [5.74, 6) is 0. The van der Waals surface area contributed by atoms with Crippen LogP contribution in [0.15, 0.2) is 88.5 Å². The standard InChI is InChI=1S/C25H24ClN5O4S/c1-25(2)20-6-4-5-7-22(20)30(3)24(25)14-15-27-28-21-13-12-19(31(32)33)16-23(21)36(34,35)29-18-10-8-17(26)9-11-18/h4-16,28-29H,1-3H3/b24-14-,27-15-. The highest BCUT2D eigenvalue weighted by Gasteiger charge is 2.37. The highest BCUT2D eigenvalue weighted by Crippen LogP contribution is 2.46. The van der Waals surface area contributed by atoms with E-state index in [1.54, 1.807) is 0 Å². The van der Waals surface area contributed by atoms with Crippen molar-refractivity contribution >= 4 is 50.6 Å². The number of para-hydroxylation sites is 1. The summed E-state index contributed by atoms with van der Waals surface area (Å²) in [6.07, 6.45) is 3.38. The van der Waals surface area contributed by atoms with Gasteiger partial charge in [-0.3, -0.25) is 20.3 Å². The van der Waals surface area contributed by atoms with Gasteiger partial charge in [0.1, 0.15) is 4.90 Å². The minimum Gasteiger partial charge on any atom is -0.347 e. The van der Waals surface area contributed by atoms with E-state index < -0.39 is 14.9 Å². The van der Waals surface area contributed by atoms with E-state index in [1.165, 1.54) is 48.2 Å². The molecule has 1 aliphatic heterocycles. The number of halogens is 1. The molecule has 2 N–H and O–H groups in total. The molecule has 0 bridgehead atoms. The Morgan fingerprint density at radius 2 is 1.78 bits per heavy atom. The van der Waals surface area contributed by atoms with Gasteiger partial charge >= 0.3 is 0 Å². The number of allylic oxidation sites excluding steroid dienone is 2. The Morgan fingerprint density at radius 3 is 2.44 bits per heavy atom. The maximum absolute atomic E-state index is 13.1. The van der Waals surface area contributed by atoms with E-state index in [1.807, 2.05) is 25.3 Å². The van der Waals surface area contributed by atoms with Gasteiger partial charge < -0.3 is 4.90 Å². The minimum absolute atomic E-state index is 0.0824. The van der Waals surface area contributed by atoms with Gasteiger partial charge in [0.2, 0.25) is 0 Å². The zero-order valence-electron chi connectivity index (χ0n) is 19.8. The normalized spacial score (nSPS) is 15.8. The van der Waals surface area contributed by atoms with Gasteiger partial charge in [0.25, 0.3) is 15.7 Å². The largest absolute Gasteiger partial charge is 0.347 e. The summed E-state index contributed by atoms with van der Waals surface area (Å²) in [6.45, 7) is 4.23. The minimum atomic E-state index is -4.19. The molecule has 0 unspecified atom stereocenters. The molecule has 186 valence electrons. The number of hydrogen-bond acceptors (Lipinski definition) is 7. The van der Waals surface area contributed by atoms with E-state index >= 15 is 0 Å². The molecular weight excluding hydrogens is 502 g/mol. The van der Waals surface area contributed by atoms with Gasteiger partial charge in [0.05, 0.1) is 10.6 Å². The topological polar surface area (TPSA) is 117 Å². The first kappa shape index (κ1) is 25.2. The third kappa shape index (κ3) is 4.91. The summed E-state index contributed by atoms with van der Waals surface area (Å²) < 4.78 is 28.6. The molecular formula is C25H24ClN5O4S. The maximum atomic E-state index is 13.1. The van der Waals surface area contributed by atoms with Gasteiger partial charge in [-0.15, -0.1) is 0 Å². The second-order valence-corrected chi connectivity index (χ2v) is 10.8. The van der Waals surface area contributed by atoms with Crippen LogP contribution in [0.1, 0.15) is 19.4 Å². The Hall–Kier alpha value is -3.89. The van der Waals surface area contributed by atoms with Gasteiger partial charge in [0, 0.05) is 52.9 Å². The second kappa shape index (κ2) is 9.63. The number of rotatable bonds is 7. The molecule has 9 nitrogen and oxygen atoms in total. The third-order valence-electron chi connectivity index (χ3n) is 5.99. The first-order chi connectivity index (χ1) is 17.0. The number of anilines is 3. The lowest BCUT2D eigenvalue weighted by Gasteiger charge is -2.23. The number of fused-ring (bicyclic) bond motifs is 1. The number of likely N-dealkylation sites (N-methyl/N-ethyl adjacent to an activating group) is 1. The van der Waals surface area contributed by atoms with Crippen molar-refractivity contribution in [3.8, 4) is 0 Å². The van der Waals surface area contributed by atoms with Gasteiger partial charge in [-0.25, -0.2) is 8.42 Å². The second-order valence-electron chi connectivity index (χ2n) is 8.69. The van der Waals surface area contributed by atoms with Crippen LogP contribution in [-0.2, 0) is 15.4 Å². The van der Waals surface area contributed by atoms with Crippen molar-refractivity contribution in [3.05, 3.63) is 99.2 Å². The fourth-order valence-corrected chi connectivity index (χ4v) is 5.55. The van der Waals surface area contributed by atoms with E-state index in [-0.39, 0.29) is 27.4 Å². The fraction of sp³-hybridized carbons (Fsp3) is 0.160. The summed E-state index contributed by atoms with van der Waals surface area (Å²) in [5, 5.41) is 15.9. The molecule has 3 aromatic carbocycles. The number of sulfonamides is 1. The van der Waals surface area contributed by atoms with Crippen LogP contribution in [0.5, 0.6) is 0 Å². The van der Waals surface area contributed by atoms with Crippen LogP contribution < -0.4 is 15.0 Å². The fourth-order valence-electron chi connectivity index (χ4n) is 4.18. The molecule has 0 amide bonds. The molecule has 0 atom stereocenters. The van der Waals surface area contributed by atoms with Crippen molar-refractivity contribution < 1.29 is 13.3 Å². The highest BCUT2D eigenvalue weighted by molar-refractivity contribution is 7.92. The van der Waals surface area contributed by atoms with Crippen LogP contribution in [0.4, 0.5) is 22.7 Å². The number of nitro benzene ring substituents is 1. The number of nitro groups is 1. The first-order valence-electron chi connectivity index (χ1n) is 10.9. The summed E-state index contributed by atoms with van der Waals surface area (Å²) in [4.78, 5) is 12.4. The molecule has 4 rings (SSSR count). The maximum Gasteiger partial charge on any atom is 0.270 e. The first-order valence-corrected chi connectivity index (χ1v) is 12.8. The number of hydrogen-bond donors (Lipinski definition) is 2. The molecule has 3 aromatic rings. The van der Waals surface area contributed by atoms with Crippen molar-refractivity contribution in [2.24, 2.45) is 5.10 Å². The quantitative estimate of drug-likeness (QED) is 0.230. The molecule has 1 heterocycles. The zero-order chi connectivity index (χ0) is 26.1. The number of hydrazone groups is 1. The number of nitrogens with zero attached hydrogens (tertiary/aromatic N) is 3. The summed E-state index contributed by atoms with van der Waals surface area (Å²) in [7, 11) is -2.21. The van der Waals surface area contributed by atoms with E-state index in [9.17, 15) is 18.5 Å². The predicted molar refractivity (Wildman–Crippen MR) is 143 cm³/mol. The van der Waals surface area contributed by atoms with Crippen LogP contribution >= 0.6 is 11.6 Å². The van der Waals surface area contributed by atoms with E-state index in [4.69, 9.17) is 11.6 Å². The van der Waals surface area contributed by atoms with E-state index in [2.05, 4.69) is 46.1 Å².